The first kappa shape index (κ1) is 18.9. The van der Waals surface area contributed by atoms with Gasteiger partial charge in [-0.2, -0.15) is 5.10 Å². The molecule has 28 heavy (non-hydrogen) atoms. The highest BCUT2D eigenvalue weighted by molar-refractivity contribution is 7.83. The summed E-state index contributed by atoms with van der Waals surface area (Å²) in [5, 5.41) is 7.46. The van der Waals surface area contributed by atoms with Crippen molar-refractivity contribution in [3.63, 3.8) is 0 Å². The van der Waals surface area contributed by atoms with Crippen molar-refractivity contribution in [2.45, 2.75) is 25.0 Å². The Morgan fingerprint density at radius 2 is 1.64 bits per heavy atom. The fourth-order valence-corrected chi connectivity index (χ4v) is 5.17. The van der Waals surface area contributed by atoms with Gasteiger partial charge in [-0.3, -0.25) is 4.21 Å². The lowest BCUT2D eigenvalue weighted by molar-refractivity contribution is 0.679. The standard InChI is InChI=1S/C23H21ClN2OS/c1-17-22(23(24)26(25-17)14-18-8-3-2-4-9-18)16-28(27)15-20-12-7-11-19-10-5-6-13-21(19)20/h2-13H,14-16H2,1H3/t28-/m1/s1. The Morgan fingerprint density at radius 1 is 0.929 bits per heavy atom. The van der Waals surface area contributed by atoms with Gasteiger partial charge in [0.1, 0.15) is 5.15 Å². The predicted molar refractivity (Wildman–Crippen MR) is 117 cm³/mol. The topological polar surface area (TPSA) is 34.9 Å². The first-order valence-electron chi connectivity index (χ1n) is 9.19. The van der Waals surface area contributed by atoms with Gasteiger partial charge in [0.2, 0.25) is 0 Å². The van der Waals surface area contributed by atoms with Crippen LogP contribution in [0.25, 0.3) is 10.8 Å². The molecule has 1 atom stereocenters. The molecule has 0 fully saturated rings. The molecule has 1 aromatic heterocycles. The summed E-state index contributed by atoms with van der Waals surface area (Å²) in [6, 6.07) is 24.4. The predicted octanol–water partition coefficient (Wildman–Crippen LogP) is 5.50. The van der Waals surface area contributed by atoms with Crippen LogP contribution >= 0.6 is 11.6 Å². The molecular formula is C23H21ClN2OS. The van der Waals surface area contributed by atoms with Crippen LogP contribution in [0.5, 0.6) is 0 Å². The minimum Gasteiger partial charge on any atom is -0.259 e. The maximum absolute atomic E-state index is 12.9. The quantitative estimate of drug-likeness (QED) is 0.422. The van der Waals surface area contributed by atoms with Crippen LogP contribution in [0.2, 0.25) is 5.15 Å². The lowest BCUT2D eigenvalue weighted by atomic mass is 10.1. The number of hydrogen-bond acceptors (Lipinski definition) is 2. The van der Waals surface area contributed by atoms with Crippen molar-refractivity contribution in [1.29, 1.82) is 0 Å². The molecule has 0 spiro atoms. The molecule has 4 aromatic rings. The highest BCUT2D eigenvalue weighted by atomic mass is 35.5. The molecule has 0 unspecified atom stereocenters. The minimum atomic E-state index is -1.07. The van der Waals surface area contributed by atoms with Gasteiger partial charge in [0.15, 0.2) is 0 Å². The van der Waals surface area contributed by atoms with Crippen LogP contribution in [0.4, 0.5) is 0 Å². The van der Waals surface area contributed by atoms with E-state index in [0.717, 1.165) is 27.8 Å². The molecule has 4 rings (SSSR count). The number of aryl methyl sites for hydroxylation is 1. The van der Waals surface area contributed by atoms with E-state index in [4.69, 9.17) is 11.6 Å². The highest BCUT2D eigenvalue weighted by Crippen LogP contribution is 2.25. The minimum absolute atomic E-state index is 0.405. The van der Waals surface area contributed by atoms with E-state index in [1.165, 1.54) is 5.39 Å². The Balaban J connectivity index is 1.53. The SMILES string of the molecule is Cc1nn(Cc2ccccc2)c(Cl)c1C[S@](=O)Cc1cccc2ccccc12. The third kappa shape index (κ3) is 4.03. The summed E-state index contributed by atoms with van der Waals surface area (Å²) in [4.78, 5) is 0. The van der Waals surface area contributed by atoms with Crippen molar-refractivity contribution < 1.29 is 4.21 Å². The Morgan fingerprint density at radius 3 is 2.46 bits per heavy atom. The van der Waals surface area contributed by atoms with Gasteiger partial charge in [-0.05, 0) is 28.8 Å². The molecule has 1 heterocycles. The number of aromatic nitrogens is 2. The molecule has 0 aliphatic carbocycles. The monoisotopic (exact) mass is 408 g/mol. The fourth-order valence-electron chi connectivity index (χ4n) is 3.42. The zero-order valence-corrected chi connectivity index (χ0v) is 17.2. The molecule has 0 amide bonds. The van der Waals surface area contributed by atoms with E-state index in [1.807, 2.05) is 61.5 Å². The Hall–Kier alpha value is -2.43. The summed E-state index contributed by atoms with van der Waals surface area (Å²) in [7, 11) is -1.07. The van der Waals surface area contributed by atoms with Gasteiger partial charge in [0.25, 0.3) is 0 Å². The molecule has 0 aliphatic heterocycles. The third-order valence-corrected chi connectivity index (χ3v) is 6.53. The normalized spacial score (nSPS) is 12.4. The number of rotatable bonds is 6. The Bertz CT molecular complexity index is 1130. The van der Waals surface area contributed by atoms with Gasteiger partial charge in [-0.1, -0.05) is 84.4 Å². The van der Waals surface area contributed by atoms with E-state index in [0.29, 0.717) is 23.2 Å². The molecule has 3 nitrogen and oxygen atoms in total. The van der Waals surface area contributed by atoms with E-state index >= 15 is 0 Å². The van der Waals surface area contributed by atoms with Crippen molar-refractivity contribution in [1.82, 2.24) is 9.78 Å². The summed E-state index contributed by atoms with van der Waals surface area (Å²) in [5.74, 6) is 0.906. The van der Waals surface area contributed by atoms with Gasteiger partial charge < -0.3 is 0 Å². The van der Waals surface area contributed by atoms with Crippen LogP contribution < -0.4 is 0 Å². The van der Waals surface area contributed by atoms with Gasteiger partial charge in [0, 0.05) is 22.1 Å². The second kappa shape index (κ2) is 8.29. The van der Waals surface area contributed by atoms with Gasteiger partial charge in [-0.15, -0.1) is 0 Å². The summed E-state index contributed by atoms with van der Waals surface area (Å²) < 4.78 is 14.7. The number of fused-ring (bicyclic) bond motifs is 1. The molecule has 0 N–H and O–H groups in total. The second-order valence-electron chi connectivity index (χ2n) is 6.86. The maximum Gasteiger partial charge on any atom is 0.131 e. The van der Waals surface area contributed by atoms with E-state index in [2.05, 4.69) is 23.3 Å². The van der Waals surface area contributed by atoms with Gasteiger partial charge in [0.05, 0.1) is 18.0 Å². The lowest BCUT2D eigenvalue weighted by Gasteiger charge is -2.07. The summed E-state index contributed by atoms with van der Waals surface area (Å²) in [6.45, 7) is 2.54. The second-order valence-corrected chi connectivity index (χ2v) is 8.68. The van der Waals surface area contributed by atoms with E-state index < -0.39 is 10.8 Å². The first-order valence-corrected chi connectivity index (χ1v) is 11.1. The van der Waals surface area contributed by atoms with Crippen LogP contribution in [0.3, 0.4) is 0 Å². The molecule has 5 heteroatoms. The van der Waals surface area contributed by atoms with Crippen molar-refractivity contribution in [3.05, 3.63) is 100 Å². The van der Waals surface area contributed by atoms with Crippen molar-refractivity contribution >= 4 is 33.2 Å². The van der Waals surface area contributed by atoms with Gasteiger partial charge in [-0.25, -0.2) is 4.68 Å². The fraction of sp³-hybridized carbons (Fsp3) is 0.174. The smallest absolute Gasteiger partial charge is 0.131 e. The van der Waals surface area contributed by atoms with Crippen molar-refractivity contribution in [2.75, 3.05) is 0 Å². The zero-order valence-electron chi connectivity index (χ0n) is 15.6. The average Bonchev–Trinajstić information content (AvgIpc) is 2.96. The van der Waals surface area contributed by atoms with Crippen LogP contribution in [-0.2, 0) is 28.9 Å². The maximum atomic E-state index is 12.9. The largest absolute Gasteiger partial charge is 0.259 e. The van der Waals surface area contributed by atoms with Crippen LogP contribution in [0.15, 0.2) is 72.8 Å². The van der Waals surface area contributed by atoms with Crippen molar-refractivity contribution in [2.24, 2.45) is 0 Å². The first-order chi connectivity index (χ1) is 13.6. The average molecular weight is 409 g/mol. The molecule has 142 valence electrons. The van der Waals surface area contributed by atoms with E-state index in [-0.39, 0.29) is 0 Å². The molecule has 0 aliphatic rings. The third-order valence-electron chi connectivity index (χ3n) is 4.86. The molecule has 0 bridgehead atoms. The molecular weight excluding hydrogens is 388 g/mol. The number of nitrogens with zero attached hydrogens (tertiary/aromatic N) is 2. The Kier molecular flexibility index (Phi) is 5.60. The van der Waals surface area contributed by atoms with E-state index in [1.54, 1.807) is 4.68 Å². The lowest BCUT2D eigenvalue weighted by Crippen LogP contribution is -2.03. The van der Waals surface area contributed by atoms with Crippen molar-refractivity contribution in [3.8, 4) is 0 Å². The highest BCUT2D eigenvalue weighted by Gasteiger charge is 2.17. The Labute approximate surface area is 172 Å². The van der Waals surface area contributed by atoms with Crippen LogP contribution in [-0.4, -0.2) is 14.0 Å². The molecule has 0 saturated heterocycles. The summed E-state index contributed by atoms with van der Waals surface area (Å²) in [5.41, 5.74) is 3.94. The zero-order chi connectivity index (χ0) is 19.5. The van der Waals surface area contributed by atoms with Gasteiger partial charge >= 0.3 is 0 Å². The van der Waals surface area contributed by atoms with Crippen LogP contribution in [0.1, 0.15) is 22.4 Å². The molecule has 0 radical (unpaired) electrons. The number of benzene rings is 3. The molecule has 3 aromatic carbocycles. The number of halogens is 1. The summed E-state index contributed by atoms with van der Waals surface area (Å²) >= 11 is 6.59. The van der Waals surface area contributed by atoms with E-state index in [9.17, 15) is 4.21 Å². The van der Waals surface area contributed by atoms with Crippen LogP contribution in [0, 0.1) is 6.92 Å². The summed E-state index contributed by atoms with van der Waals surface area (Å²) in [6.07, 6.45) is 0. The number of hydrogen-bond donors (Lipinski definition) is 0. The molecule has 0 saturated carbocycles.